The molecule has 0 saturated carbocycles. The van der Waals surface area contributed by atoms with E-state index in [-0.39, 0.29) is 0 Å². The average molecular weight is 251 g/mol. The molecule has 0 aromatic heterocycles. The largest absolute Gasteiger partial charge is 0.303 e. The summed E-state index contributed by atoms with van der Waals surface area (Å²) in [6.45, 7) is 4.47. The highest BCUT2D eigenvalue weighted by Gasteiger charge is 2.26. The topological polar surface area (TPSA) is 12.0 Å². The summed E-state index contributed by atoms with van der Waals surface area (Å²) >= 11 is 0. The van der Waals surface area contributed by atoms with Gasteiger partial charge in [-0.2, -0.15) is 0 Å². The Hall–Kier alpha value is -1.60. The lowest BCUT2D eigenvalue weighted by Gasteiger charge is -2.34. The van der Waals surface area contributed by atoms with Crippen molar-refractivity contribution >= 4 is 0 Å². The Bertz CT molecular complexity index is 573. The van der Waals surface area contributed by atoms with Gasteiger partial charge in [0.05, 0.1) is 6.04 Å². The van der Waals surface area contributed by atoms with Crippen molar-refractivity contribution in [1.29, 1.82) is 0 Å². The highest BCUT2D eigenvalue weighted by molar-refractivity contribution is 5.42. The quantitative estimate of drug-likeness (QED) is 0.850. The lowest BCUT2D eigenvalue weighted by atomic mass is 9.85. The van der Waals surface area contributed by atoms with Gasteiger partial charge in [0.15, 0.2) is 0 Å². The van der Waals surface area contributed by atoms with E-state index >= 15 is 0 Å². The zero-order valence-electron chi connectivity index (χ0n) is 11.7. The summed E-state index contributed by atoms with van der Waals surface area (Å²) in [6.07, 6.45) is 2.33. The summed E-state index contributed by atoms with van der Waals surface area (Å²) in [4.78, 5) is 0. The van der Waals surface area contributed by atoms with Crippen molar-refractivity contribution in [1.82, 2.24) is 5.32 Å². The zero-order valence-corrected chi connectivity index (χ0v) is 11.7. The van der Waals surface area contributed by atoms with E-state index in [1.54, 1.807) is 0 Å². The Morgan fingerprint density at radius 1 is 1.00 bits per heavy atom. The highest BCUT2D eigenvalue weighted by Crippen LogP contribution is 2.32. The van der Waals surface area contributed by atoms with Crippen LogP contribution in [0.5, 0.6) is 0 Å². The van der Waals surface area contributed by atoms with Gasteiger partial charge in [0.1, 0.15) is 0 Å². The van der Waals surface area contributed by atoms with Crippen LogP contribution in [0.3, 0.4) is 0 Å². The van der Waals surface area contributed by atoms with Crippen LogP contribution in [-0.4, -0.2) is 6.04 Å². The molecule has 1 nitrogen and oxygen atoms in total. The minimum atomic E-state index is 0.344. The van der Waals surface area contributed by atoms with E-state index in [4.69, 9.17) is 0 Å². The second-order valence-electron chi connectivity index (χ2n) is 5.46. The van der Waals surface area contributed by atoms with Crippen LogP contribution in [0.2, 0.25) is 0 Å². The Kier molecular flexibility index (Phi) is 3.39. The fourth-order valence-corrected chi connectivity index (χ4v) is 3.08. The van der Waals surface area contributed by atoms with Crippen LogP contribution in [-0.2, 0) is 6.42 Å². The number of aryl methyl sites for hydroxylation is 1. The molecule has 0 saturated heterocycles. The Morgan fingerprint density at radius 2 is 1.68 bits per heavy atom. The molecular weight excluding hydrogens is 230 g/mol. The first-order chi connectivity index (χ1) is 9.29. The van der Waals surface area contributed by atoms with Gasteiger partial charge in [-0.1, -0.05) is 55.5 Å². The molecule has 0 bridgehead atoms. The molecule has 0 aliphatic carbocycles. The van der Waals surface area contributed by atoms with Crippen LogP contribution in [0, 0.1) is 6.92 Å². The molecule has 2 aromatic carbocycles. The predicted molar refractivity (Wildman–Crippen MR) is 80.4 cm³/mol. The van der Waals surface area contributed by atoms with Gasteiger partial charge in [0, 0.05) is 6.04 Å². The predicted octanol–water partition coefficient (Wildman–Crippen LogP) is 4.01. The summed E-state index contributed by atoms with van der Waals surface area (Å²) in [7, 11) is 0. The number of fused-ring (bicyclic) bond motifs is 1. The van der Waals surface area contributed by atoms with Gasteiger partial charge in [-0.05, 0) is 42.0 Å². The Morgan fingerprint density at radius 3 is 2.42 bits per heavy atom. The summed E-state index contributed by atoms with van der Waals surface area (Å²) < 4.78 is 0. The third-order valence-electron chi connectivity index (χ3n) is 4.23. The van der Waals surface area contributed by atoms with E-state index in [2.05, 4.69) is 67.7 Å². The molecule has 0 radical (unpaired) electrons. The van der Waals surface area contributed by atoms with Gasteiger partial charge in [0.2, 0.25) is 0 Å². The molecule has 1 heterocycles. The van der Waals surface area contributed by atoms with Gasteiger partial charge in [0.25, 0.3) is 0 Å². The maximum absolute atomic E-state index is 3.82. The van der Waals surface area contributed by atoms with Crippen molar-refractivity contribution in [2.24, 2.45) is 0 Å². The molecule has 2 atom stereocenters. The van der Waals surface area contributed by atoms with Crippen LogP contribution in [0.4, 0.5) is 0 Å². The van der Waals surface area contributed by atoms with Crippen molar-refractivity contribution < 1.29 is 0 Å². The monoisotopic (exact) mass is 251 g/mol. The van der Waals surface area contributed by atoms with E-state index < -0.39 is 0 Å². The summed E-state index contributed by atoms with van der Waals surface area (Å²) in [5.41, 5.74) is 5.72. The maximum Gasteiger partial charge on any atom is 0.0584 e. The fourth-order valence-electron chi connectivity index (χ4n) is 3.08. The number of hydrogen-bond acceptors (Lipinski definition) is 1. The minimum absolute atomic E-state index is 0.344. The molecule has 98 valence electrons. The highest BCUT2D eigenvalue weighted by atomic mass is 15.0. The first kappa shape index (κ1) is 12.4. The fraction of sp³-hybridized carbons (Fsp3) is 0.333. The standard InChI is InChI=1S/C18H21N/c1-3-15-12-14-9-5-7-11-17(14)18(19-15)16-10-6-4-8-13(16)2/h4-11,15,18-19H,3,12H2,1-2H3. The first-order valence-corrected chi connectivity index (χ1v) is 7.19. The van der Waals surface area contributed by atoms with Crippen molar-refractivity contribution in [2.75, 3.05) is 0 Å². The smallest absolute Gasteiger partial charge is 0.0584 e. The van der Waals surface area contributed by atoms with Gasteiger partial charge in [-0.3, -0.25) is 0 Å². The van der Waals surface area contributed by atoms with Gasteiger partial charge >= 0.3 is 0 Å². The lowest BCUT2D eigenvalue weighted by Crippen LogP contribution is -2.39. The maximum atomic E-state index is 3.82. The van der Waals surface area contributed by atoms with Crippen LogP contribution in [0.1, 0.15) is 41.6 Å². The molecule has 0 amide bonds. The summed E-state index contributed by atoms with van der Waals surface area (Å²) in [5, 5.41) is 3.82. The van der Waals surface area contributed by atoms with Crippen molar-refractivity contribution in [3.05, 3.63) is 70.8 Å². The number of hydrogen-bond donors (Lipinski definition) is 1. The molecular formula is C18H21N. The molecule has 0 fully saturated rings. The SMILES string of the molecule is CCC1Cc2ccccc2C(c2ccccc2C)N1. The molecule has 3 rings (SSSR count). The number of rotatable bonds is 2. The van der Waals surface area contributed by atoms with Crippen LogP contribution in [0.15, 0.2) is 48.5 Å². The Labute approximate surface area is 115 Å². The third kappa shape index (κ3) is 2.31. The summed E-state index contributed by atoms with van der Waals surface area (Å²) in [6, 6.07) is 18.5. The second-order valence-corrected chi connectivity index (χ2v) is 5.46. The normalized spacial score (nSPS) is 22.0. The van der Waals surface area contributed by atoms with Crippen LogP contribution < -0.4 is 5.32 Å². The molecule has 1 aliphatic heterocycles. The van der Waals surface area contributed by atoms with Crippen molar-refractivity contribution in [3.63, 3.8) is 0 Å². The van der Waals surface area contributed by atoms with E-state index in [1.165, 1.54) is 28.7 Å². The molecule has 19 heavy (non-hydrogen) atoms. The van der Waals surface area contributed by atoms with Crippen molar-refractivity contribution in [3.8, 4) is 0 Å². The molecule has 1 aliphatic rings. The molecule has 0 spiro atoms. The molecule has 2 aromatic rings. The Balaban J connectivity index is 2.08. The van der Waals surface area contributed by atoms with Crippen LogP contribution >= 0.6 is 0 Å². The van der Waals surface area contributed by atoms with Gasteiger partial charge in [-0.25, -0.2) is 0 Å². The van der Waals surface area contributed by atoms with E-state index in [1.807, 2.05) is 0 Å². The van der Waals surface area contributed by atoms with Crippen LogP contribution in [0.25, 0.3) is 0 Å². The zero-order chi connectivity index (χ0) is 13.2. The van der Waals surface area contributed by atoms with Gasteiger partial charge in [-0.15, -0.1) is 0 Å². The number of benzene rings is 2. The molecule has 1 N–H and O–H groups in total. The van der Waals surface area contributed by atoms with E-state index in [0.29, 0.717) is 12.1 Å². The van der Waals surface area contributed by atoms with E-state index in [9.17, 15) is 0 Å². The average Bonchev–Trinajstić information content (AvgIpc) is 2.46. The lowest BCUT2D eigenvalue weighted by molar-refractivity contribution is 0.427. The number of nitrogens with one attached hydrogen (secondary N) is 1. The van der Waals surface area contributed by atoms with Gasteiger partial charge < -0.3 is 5.32 Å². The third-order valence-corrected chi connectivity index (χ3v) is 4.23. The summed E-state index contributed by atoms with van der Waals surface area (Å²) in [5.74, 6) is 0. The minimum Gasteiger partial charge on any atom is -0.303 e. The van der Waals surface area contributed by atoms with Crippen molar-refractivity contribution in [2.45, 2.75) is 38.8 Å². The molecule has 1 heteroatoms. The first-order valence-electron chi connectivity index (χ1n) is 7.19. The molecule has 2 unspecified atom stereocenters. The van der Waals surface area contributed by atoms with E-state index in [0.717, 1.165) is 6.42 Å². The second kappa shape index (κ2) is 5.18.